The monoisotopic (exact) mass is 524 g/mol. The van der Waals surface area contributed by atoms with E-state index in [1.807, 2.05) is 0 Å². The highest BCUT2D eigenvalue weighted by atomic mass is 35.5. The van der Waals surface area contributed by atoms with E-state index < -0.39 is 24.5 Å². The highest BCUT2D eigenvalue weighted by Gasteiger charge is 2.28. The normalized spacial score (nSPS) is 12.5. The topological polar surface area (TPSA) is 59.9 Å². The Morgan fingerprint density at radius 2 is 1.67 bits per heavy atom. The summed E-state index contributed by atoms with van der Waals surface area (Å²) >= 11 is 18.2. The summed E-state index contributed by atoms with van der Waals surface area (Å²) in [5.41, 5.74) is 0.847. The number of benzene rings is 2. The molecule has 0 aromatic heterocycles. The molecule has 0 saturated heterocycles. The molecule has 0 heterocycles. The van der Waals surface area contributed by atoms with Crippen LogP contribution in [-0.2, 0) is 16.0 Å². The van der Waals surface area contributed by atoms with Crippen LogP contribution in [0.3, 0.4) is 0 Å². The molecular formula is C22H22Cl3F3N2O3. The molecule has 0 radical (unpaired) electrons. The van der Waals surface area contributed by atoms with Crippen molar-refractivity contribution in [3.8, 4) is 0 Å². The Labute approximate surface area is 204 Å². The number of nitrogens with zero attached hydrogens (tertiary/aromatic N) is 1. The van der Waals surface area contributed by atoms with E-state index in [1.165, 1.54) is 12.1 Å². The summed E-state index contributed by atoms with van der Waals surface area (Å²) in [7, 11) is 0. The minimum atomic E-state index is -4.54. The summed E-state index contributed by atoms with van der Waals surface area (Å²) in [4.78, 5) is 16.7. The second-order valence-electron chi connectivity index (χ2n) is 8.03. The zero-order valence-corrected chi connectivity index (χ0v) is 20.3. The standard InChI is InChI=1S/C22H22Cl3F3N2O3/c1-21(2,3)33-20(31)29-19-10-14(5-6-17(19)25)18(30-32-12-22(26,27)28)7-4-13-8-15(23)11-16(24)9-13/h5-6,8-11H,4,7,12H2,1-3H3,(H,29,31)/b30-18+. The van der Waals surface area contributed by atoms with E-state index in [9.17, 15) is 18.0 Å². The van der Waals surface area contributed by atoms with Gasteiger partial charge in [-0.15, -0.1) is 0 Å². The first kappa shape index (κ1) is 27.1. The van der Waals surface area contributed by atoms with Gasteiger partial charge in [-0.2, -0.15) is 13.2 Å². The molecule has 0 saturated carbocycles. The first-order valence-corrected chi connectivity index (χ1v) is 10.9. The molecule has 1 amide bonds. The molecule has 180 valence electrons. The molecule has 1 N–H and O–H groups in total. The fourth-order valence-corrected chi connectivity index (χ4v) is 3.39. The van der Waals surface area contributed by atoms with E-state index in [1.54, 1.807) is 45.0 Å². The number of alkyl halides is 3. The third-order valence-corrected chi connectivity index (χ3v) is 4.68. The van der Waals surface area contributed by atoms with Gasteiger partial charge in [0.1, 0.15) is 5.60 Å². The van der Waals surface area contributed by atoms with Gasteiger partial charge in [-0.25, -0.2) is 4.79 Å². The average molecular weight is 526 g/mol. The molecule has 11 heteroatoms. The molecule has 0 unspecified atom stereocenters. The van der Waals surface area contributed by atoms with Crippen LogP contribution in [0.2, 0.25) is 15.1 Å². The van der Waals surface area contributed by atoms with E-state index in [0.717, 1.165) is 5.56 Å². The van der Waals surface area contributed by atoms with Gasteiger partial charge in [0.2, 0.25) is 6.61 Å². The number of oxime groups is 1. The molecule has 2 rings (SSSR count). The van der Waals surface area contributed by atoms with Crippen molar-refractivity contribution in [2.24, 2.45) is 5.16 Å². The number of aryl methyl sites for hydroxylation is 1. The van der Waals surface area contributed by atoms with E-state index in [2.05, 4.69) is 15.3 Å². The third kappa shape index (κ3) is 10.1. The zero-order valence-electron chi connectivity index (χ0n) is 18.0. The second-order valence-corrected chi connectivity index (χ2v) is 9.31. The molecule has 2 aromatic carbocycles. The van der Waals surface area contributed by atoms with E-state index in [0.29, 0.717) is 22.0 Å². The van der Waals surface area contributed by atoms with Crippen LogP contribution in [0.4, 0.5) is 23.7 Å². The lowest BCUT2D eigenvalue weighted by atomic mass is 10.0. The van der Waals surface area contributed by atoms with E-state index in [4.69, 9.17) is 39.5 Å². The highest BCUT2D eigenvalue weighted by Crippen LogP contribution is 2.26. The lowest BCUT2D eigenvalue weighted by molar-refractivity contribution is -0.173. The third-order valence-electron chi connectivity index (χ3n) is 3.91. The lowest BCUT2D eigenvalue weighted by Crippen LogP contribution is -2.27. The van der Waals surface area contributed by atoms with Crippen LogP contribution in [0, 0.1) is 0 Å². The van der Waals surface area contributed by atoms with Crippen molar-refractivity contribution in [2.45, 2.75) is 45.4 Å². The molecule has 0 spiro atoms. The molecule has 0 aliphatic rings. The van der Waals surface area contributed by atoms with Crippen LogP contribution in [0.1, 0.15) is 38.3 Å². The maximum atomic E-state index is 12.5. The Kier molecular flexibility index (Phi) is 9.29. The van der Waals surface area contributed by atoms with Gasteiger partial charge < -0.3 is 9.57 Å². The van der Waals surface area contributed by atoms with Crippen LogP contribution in [0.5, 0.6) is 0 Å². The predicted octanol–water partition coefficient (Wildman–Crippen LogP) is 7.91. The van der Waals surface area contributed by atoms with Crippen LogP contribution in [0.25, 0.3) is 0 Å². The van der Waals surface area contributed by atoms with Crippen molar-refractivity contribution in [3.63, 3.8) is 0 Å². The minimum absolute atomic E-state index is 0.196. The largest absolute Gasteiger partial charge is 0.444 e. The Balaban J connectivity index is 2.29. The molecule has 0 aliphatic carbocycles. The molecule has 0 fully saturated rings. The Hall–Kier alpha value is -2.16. The van der Waals surface area contributed by atoms with Crippen LogP contribution < -0.4 is 5.32 Å². The fraction of sp³-hybridized carbons (Fsp3) is 0.364. The smallest absolute Gasteiger partial charge is 0.425 e. The number of carbonyl (C=O) groups is 1. The van der Waals surface area contributed by atoms with Crippen LogP contribution >= 0.6 is 34.8 Å². The van der Waals surface area contributed by atoms with E-state index >= 15 is 0 Å². The first-order valence-electron chi connectivity index (χ1n) is 9.72. The van der Waals surface area contributed by atoms with Crippen molar-refractivity contribution in [3.05, 3.63) is 62.6 Å². The molecule has 5 nitrogen and oxygen atoms in total. The Morgan fingerprint density at radius 1 is 1.03 bits per heavy atom. The van der Waals surface area contributed by atoms with Gasteiger partial charge in [0.05, 0.1) is 16.4 Å². The SMILES string of the molecule is CC(C)(C)OC(=O)Nc1cc(/C(CCc2cc(Cl)cc(Cl)c2)=N/OCC(F)(F)F)ccc1Cl. The van der Waals surface area contributed by atoms with Gasteiger partial charge in [0.25, 0.3) is 0 Å². The minimum Gasteiger partial charge on any atom is -0.444 e. The summed E-state index contributed by atoms with van der Waals surface area (Å²) in [6.07, 6.45) is -4.71. The van der Waals surface area contributed by atoms with Crippen molar-refractivity contribution >= 4 is 52.3 Å². The summed E-state index contributed by atoms with van der Waals surface area (Å²) in [6, 6.07) is 9.48. The average Bonchev–Trinajstić information content (AvgIpc) is 2.63. The van der Waals surface area contributed by atoms with Crippen molar-refractivity contribution in [1.29, 1.82) is 0 Å². The maximum absolute atomic E-state index is 12.5. The Morgan fingerprint density at radius 3 is 2.24 bits per heavy atom. The molecule has 33 heavy (non-hydrogen) atoms. The van der Waals surface area contributed by atoms with Crippen LogP contribution in [-0.4, -0.2) is 30.2 Å². The molecule has 0 atom stereocenters. The van der Waals surface area contributed by atoms with Gasteiger partial charge in [0.15, 0.2) is 0 Å². The number of amides is 1. The number of nitrogens with one attached hydrogen (secondary N) is 1. The number of carbonyl (C=O) groups excluding carboxylic acids is 1. The van der Waals surface area contributed by atoms with Crippen molar-refractivity contribution in [1.82, 2.24) is 0 Å². The van der Waals surface area contributed by atoms with Crippen molar-refractivity contribution < 1.29 is 27.5 Å². The summed E-state index contributed by atoms with van der Waals surface area (Å²) < 4.78 is 42.8. The van der Waals surface area contributed by atoms with Crippen molar-refractivity contribution in [2.75, 3.05) is 11.9 Å². The number of hydrogen-bond acceptors (Lipinski definition) is 4. The molecule has 0 bridgehead atoms. The Bertz CT molecular complexity index is 1000. The number of halogens is 6. The summed E-state index contributed by atoms with van der Waals surface area (Å²) in [5.74, 6) is 0. The molecular weight excluding hydrogens is 504 g/mol. The predicted molar refractivity (Wildman–Crippen MR) is 125 cm³/mol. The molecule has 2 aromatic rings. The first-order chi connectivity index (χ1) is 15.2. The van der Waals surface area contributed by atoms with Gasteiger partial charge in [-0.05, 0) is 69.5 Å². The van der Waals surface area contributed by atoms with Gasteiger partial charge in [0, 0.05) is 15.6 Å². The summed E-state index contributed by atoms with van der Waals surface area (Å²) in [6.45, 7) is 3.57. The summed E-state index contributed by atoms with van der Waals surface area (Å²) in [5, 5.41) is 7.29. The van der Waals surface area contributed by atoms with Gasteiger partial charge in [-0.1, -0.05) is 46.0 Å². The van der Waals surface area contributed by atoms with Crippen LogP contribution in [0.15, 0.2) is 41.6 Å². The van der Waals surface area contributed by atoms with Gasteiger partial charge >= 0.3 is 12.3 Å². The highest BCUT2D eigenvalue weighted by molar-refractivity contribution is 6.34. The molecule has 0 aliphatic heterocycles. The van der Waals surface area contributed by atoms with E-state index in [-0.39, 0.29) is 22.8 Å². The number of rotatable bonds is 7. The number of anilines is 1. The zero-order chi connectivity index (χ0) is 24.8. The lowest BCUT2D eigenvalue weighted by Gasteiger charge is -2.20. The van der Waals surface area contributed by atoms with Gasteiger partial charge in [-0.3, -0.25) is 5.32 Å². The fourth-order valence-electron chi connectivity index (χ4n) is 2.66. The number of hydrogen-bond donors (Lipinski definition) is 1. The maximum Gasteiger partial charge on any atom is 0.425 e. The quantitative estimate of drug-likeness (QED) is 0.295. The number of ether oxygens (including phenoxy) is 1. The second kappa shape index (κ2) is 11.3.